The SMILES string of the molecule is CC[NH+](Cc1ccccc1)C(=N)c1ccc(OC)c2ccccc12.[Cl-]. The molecule has 130 valence electrons. The highest BCUT2D eigenvalue weighted by atomic mass is 35.5. The summed E-state index contributed by atoms with van der Waals surface area (Å²) in [5.41, 5.74) is 2.22. The van der Waals surface area contributed by atoms with Crippen molar-refractivity contribution in [3.05, 3.63) is 77.9 Å². The summed E-state index contributed by atoms with van der Waals surface area (Å²) in [7, 11) is 1.69. The van der Waals surface area contributed by atoms with Gasteiger partial charge < -0.3 is 17.1 Å². The Hall–Kier alpha value is -2.36. The minimum atomic E-state index is 0. The van der Waals surface area contributed by atoms with Gasteiger partial charge in [0.1, 0.15) is 12.3 Å². The summed E-state index contributed by atoms with van der Waals surface area (Å²) in [5, 5.41) is 10.9. The monoisotopic (exact) mass is 354 g/mol. The Morgan fingerprint density at radius 1 is 0.920 bits per heavy atom. The van der Waals surface area contributed by atoms with Crippen LogP contribution in [0.4, 0.5) is 0 Å². The van der Waals surface area contributed by atoms with Crippen LogP contribution < -0.4 is 22.0 Å². The van der Waals surface area contributed by atoms with Crippen molar-refractivity contribution in [3.63, 3.8) is 0 Å². The number of nitrogens with one attached hydrogen (secondary N) is 2. The Bertz CT molecular complexity index is 849. The van der Waals surface area contributed by atoms with Gasteiger partial charge in [-0.05, 0) is 19.1 Å². The second-order valence-corrected chi connectivity index (χ2v) is 5.86. The number of ether oxygens (including phenoxy) is 1. The molecule has 0 saturated carbocycles. The molecule has 3 aromatic carbocycles. The van der Waals surface area contributed by atoms with E-state index in [0.717, 1.165) is 40.1 Å². The molecule has 0 saturated heterocycles. The quantitative estimate of drug-likeness (QED) is 0.501. The zero-order valence-electron chi connectivity index (χ0n) is 14.6. The van der Waals surface area contributed by atoms with Crippen LogP contribution >= 0.6 is 0 Å². The highest BCUT2D eigenvalue weighted by molar-refractivity contribution is 6.06. The van der Waals surface area contributed by atoms with Crippen LogP contribution in [0.5, 0.6) is 5.75 Å². The summed E-state index contributed by atoms with van der Waals surface area (Å²) >= 11 is 0. The van der Waals surface area contributed by atoms with Crippen LogP contribution in [-0.2, 0) is 6.54 Å². The summed E-state index contributed by atoms with van der Waals surface area (Å²) < 4.78 is 5.47. The maximum absolute atomic E-state index is 8.77. The van der Waals surface area contributed by atoms with Crippen LogP contribution in [0.15, 0.2) is 66.7 Å². The summed E-state index contributed by atoms with van der Waals surface area (Å²) in [6.45, 7) is 3.81. The molecule has 3 nitrogen and oxygen atoms in total. The molecule has 3 rings (SSSR count). The van der Waals surface area contributed by atoms with Crippen molar-refractivity contribution in [2.45, 2.75) is 13.5 Å². The molecular weight excluding hydrogens is 332 g/mol. The van der Waals surface area contributed by atoms with Crippen molar-refractivity contribution in [2.75, 3.05) is 13.7 Å². The second-order valence-electron chi connectivity index (χ2n) is 5.86. The number of amidine groups is 1. The van der Waals surface area contributed by atoms with Crippen molar-refractivity contribution in [2.24, 2.45) is 0 Å². The van der Waals surface area contributed by atoms with Crippen molar-refractivity contribution >= 4 is 16.6 Å². The van der Waals surface area contributed by atoms with E-state index in [1.54, 1.807) is 7.11 Å². The number of methoxy groups -OCH3 is 1. The number of hydrogen-bond acceptors (Lipinski definition) is 2. The fraction of sp³-hybridized carbons (Fsp3) is 0.190. The lowest BCUT2D eigenvalue weighted by atomic mass is 10.0. The number of hydrogen-bond donors (Lipinski definition) is 2. The van der Waals surface area contributed by atoms with Gasteiger partial charge in [0, 0.05) is 16.3 Å². The van der Waals surface area contributed by atoms with E-state index in [2.05, 4.69) is 37.3 Å². The van der Waals surface area contributed by atoms with Gasteiger partial charge in [0.05, 0.1) is 19.2 Å². The predicted molar refractivity (Wildman–Crippen MR) is 99.0 cm³/mol. The Morgan fingerprint density at radius 2 is 1.56 bits per heavy atom. The standard InChI is InChI=1S/C21H22N2O.ClH/c1-3-23(15-16-9-5-4-6-10-16)21(22)19-13-14-20(24-2)18-12-8-7-11-17(18)19;/h4-14,22H,3,15H2,1-2H3;1H. The van der Waals surface area contributed by atoms with Crippen LogP contribution in [-0.4, -0.2) is 19.5 Å². The molecule has 1 unspecified atom stereocenters. The topological polar surface area (TPSA) is 37.5 Å². The lowest BCUT2D eigenvalue weighted by molar-refractivity contribution is -0.818. The number of benzene rings is 3. The molecule has 2 N–H and O–H groups in total. The van der Waals surface area contributed by atoms with Crippen LogP contribution in [0.25, 0.3) is 10.8 Å². The van der Waals surface area contributed by atoms with Gasteiger partial charge >= 0.3 is 0 Å². The van der Waals surface area contributed by atoms with Crippen LogP contribution in [0.1, 0.15) is 18.1 Å². The highest BCUT2D eigenvalue weighted by Crippen LogP contribution is 2.27. The maximum Gasteiger partial charge on any atom is 0.226 e. The molecule has 0 heterocycles. The average Bonchev–Trinajstić information content (AvgIpc) is 2.65. The second kappa shape index (κ2) is 8.65. The Balaban J connectivity index is 0.00000225. The lowest BCUT2D eigenvalue weighted by Crippen LogP contribution is -3.13. The molecule has 0 bridgehead atoms. The van der Waals surface area contributed by atoms with E-state index in [0.29, 0.717) is 5.84 Å². The van der Waals surface area contributed by atoms with Crippen molar-refractivity contribution in [1.82, 2.24) is 0 Å². The molecule has 3 aromatic rings. The molecule has 1 atom stereocenters. The molecule has 0 aliphatic rings. The molecule has 0 amide bonds. The van der Waals surface area contributed by atoms with E-state index in [1.165, 1.54) is 5.56 Å². The smallest absolute Gasteiger partial charge is 0.226 e. The molecule has 4 heteroatoms. The molecule has 0 radical (unpaired) electrons. The normalized spacial score (nSPS) is 11.6. The van der Waals surface area contributed by atoms with Gasteiger partial charge in [-0.15, -0.1) is 0 Å². The Morgan fingerprint density at radius 3 is 2.20 bits per heavy atom. The molecule has 0 aliphatic carbocycles. The fourth-order valence-corrected chi connectivity index (χ4v) is 3.09. The zero-order valence-corrected chi connectivity index (χ0v) is 15.3. The van der Waals surface area contributed by atoms with E-state index < -0.39 is 0 Å². The van der Waals surface area contributed by atoms with Gasteiger partial charge in [-0.2, -0.15) is 0 Å². The molecule has 0 spiro atoms. The first kappa shape index (κ1) is 19.0. The third-order valence-corrected chi connectivity index (χ3v) is 4.41. The molecular formula is C21H23ClN2O. The van der Waals surface area contributed by atoms with Crippen molar-refractivity contribution in [3.8, 4) is 5.75 Å². The fourth-order valence-electron chi connectivity index (χ4n) is 3.09. The first-order valence-corrected chi connectivity index (χ1v) is 8.28. The zero-order chi connectivity index (χ0) is 16.9. The third kappa shape index (κ3) is 4.01. The summed E-state index contributed by atoms with van der Waals surface area (Å²) in [6, 6.07) is 22.5. The van der Waals surface area contributed by atoms with E-state index in [-0.39, 0.29) is 12.4 Å². The number of halogens is 1. The van der Waals surface area contributed by atoms with Gasteiger partial charge in [0.2, 0.25) is 5.84 Å². The van der Waals surface area contributed by atoms with Gasteiger partial charge in [0.15, 0.2) is 0 Å². The Kier molecular flexibility index (Phi) is 6.57. The van der Waals surface area contributed by atoms with Crippen LogP contribution in [0.2, 0.25) is 0 Å². The van der Waals surface area contributed by atoms with Crippen molar-refractivity contribution in [1.29, 1.82) is 5.41 Å². The van der Waals surface area contributed by atoms with E-state index in [9.17, 15) is 0 Å². The van der Waals surface area contributed by atoms with Crippen LogP contribution in [0, 0.1) is 5.41 Å². The van der Waals surface area contributed by atoms with E-state index in [4.69, 9.17) is 10.1 Å². The minimum Gasteiger partial charge on any atom is -1.00 e. The predicted octanol–water partition coefficient (Wildman–Crippen LogP) is 0.283. The van der Waals surface area contributed by atoms with Gasteiger partial charge in [0.25, 0.3) is 0 Å². The first-order chi connectivity index (χ1) is 11.7. The lowest BCUT2D eigenvalue weighted by Gasteiger charge is -2.19. The number of quaternary nitrogens is 1. The summed E-state index contributed by atoms with van der Waals surface area (Å²) in [5.74, 6) is 1.48. The summed E-state index contributed by atoms with van der Waals surface area (Å²) in [4.78, 5) is 1.15. The van der Waals surface area contributed by atoms with Crippen molar-refractivity contribution < 1.29 is 22.0 Å². The largest absolute Gasteiger partial charge is 1.00 e. The minimum absolute atomic E-state index is 0. The molecule has 0 fully saturated rings. The molecule has 0 aromatic heterocycles. The first-order valence-electron chi connectivity index (χ1n) is 8.28. The maximum atomic E-state index is 8.77. The molecule has 0 aliphatic heterocycles. The highest BCUT2D eigenvalue weighted by Gasteiger charge is 2.19. The number of fused-ring (bicyclic) bond motifs is 1. The van der Waals surface area contributed by atoms with Gasteiger partial charge in [-0.3, -0.25) is 10.3 Å². The Labute approximate surface area is 155 Å². The van der Waals surface area contributed by atoms with Crippen LogP contribution in [0.3, 0.4) is 0 Å². The summed E-state index contributed by atoms with van der Waals surface area (Å²) in [6.07, 6.45) is 0. The average molecular weight is 355 g/mol. The number of rotatable bonds is 5. The van der Waals surface area contributed by atoms with E-state index in [1.807, 2.05) is 36.4 Å². The van der Waals surface area contributed by atoms with Gasteiger partial charge in [-0.25, -0.2) is 0 Å². The van der Waals surface area contributed by atoms with Gasteiger partial charge in [-0.1, -0.05) is 54.6 Å². The van der Waals surface area contributed by atoms with E-state index >= 15 is 0 Å². The molecule has 25 heavy (non-hydrogen) atoms. The third-order valence-electron chi connectivity index (χ3n) is 4.41.